The van der Waals surface area contributed by atoms with Gasteiger partial charge in [-0.25, -0.2) is 4.98 Å². The zero-order valence-corrected chi connectivity index (χ0v) is 14.1. The summed E-state index contributed by atoms with van der Waals surface area (Å²) in [6, 6.07) is 3.57. The number of hydrogen-bond acceptors (Lipinski definition) is 6. The van der Waals surface area contributed by atoms with Crippen LogP contribution in [0.15, 0.2) is 22.8 Å². The molecule has 24 heavy (non-hydrogen) atoms. The van der Waals surface area contributed by atoms with Gasteiger partial charge in [-0.1, -0.05) is 0 Å². The van der Waals surface area contributed by atoms with Gasteiger partial charge in [0.1, 0.15) is 5.69 Å². The molecule has 3 heterocycles. The van der Waals surface area contributed by atoms with Gasteiger partial charge >= 0.3 is 0 Å². The summed E-state index contributed by atoms with van der Waals surface area (Å²) in [6.07, 6.45) is 2.76. The number of nitrogens with two attached hydrogens (primary N) is 1. The van der Waals surface area contributed by atoms with Crippen molar-refractivity contribution < 1.29 is 18.7 Å². The lowest BCUT2D eigenvalue weighted by molar-refractivity contribution is -0.120. The van der Waals surface area contributed by atoms with Crippen LogP contribution in [-0.2, 0) is 9.53 Å². The molecular weight excluding hydrogens is 330 g/mol. The van der Waals surface area contributed by atoms with Gasteiger partial charge in [0.2, 0.25) is 5.91 Å². The van der Waals surface area contributed by atoms with E-state index in [1.807, 2.05) is 6.92 Å². The predicted octanol–water partition coefficient (Wildman–Crippen LogP) is 1.87. The average Bonchev–Trinajstić information content (AvgIpc) is 3.16. The van der Waals surface area contributed by atoms with E-state index in [1.165, 1.54) is 11.3 Å². The Labute approximate surface area is 143 Å². The molecule has 0 atom stereocenters. The van der Waals surface area contributed by atoms with E-state index in [1.54, 1.807) is 18.4 Å². The van der Waals surface area contributed by atoms with E-state index in [0.717, 1.165) is 4.88 Å². The molecule has 1 aliphatic heterocycles. The van der Waals surface area contributed by atoms with Gasteiger partial charge in [0.15, 0.2) is 10.8 Å². The second-order valence-corrected chi connectivity index (χ2v) is 7.09. The number of primary amides is 1. The van der Waals surface area contributed by atoms with Crippen LogP contribution < -0.4 is 11.1 Å². The number of furan rings is 1. The van der Waals surface area contributed by atoms with E-state index in [9.17, 15) is 9.59 Å². The van der Waals surface area contributed by atoms with Crippen LogP contribution >= 0.6 is 11.3 Å². The molecule has 2 aromatic rings. The zero-order valence-electron chi connectivity index (χ0n) is 13.3. The number of nitrogens with one attached hydrogen (secondary N) is 1. The first-order valence-electron chi connectivity index (χ1n) is 7.69. The number of ether oxygens (including phenoxy) is 1. The SMILES string of the molecule is Cc1sc(-c2ccco2)nc1C(=O)NC1(CC(N)=O)CCOCC1. The lowest BCUT2D eigenvalue weighted by atomic mass is 9.86. The van der Waals surface area contributed by atoms with E-state index in [2.05, 4.69) is 10.3 Å². The molecule has 2 aromatic heterocycles. The van der Waals surface area contributed by atoms with Crippen LogP contribution in [-0.4, -0.2) is 35.6 Å². The van der Waals surface area contributed by atoms with Gasteiger partial charge in [0, 0.05) is 24.5 Å². The molecule has 0 spiro atoms. The minimum atomic E-state index is -0.665. The van der Waals surface area contributed by atoms with Crippen LogP contribution in [0.1, 0.15) is 34.6 Å². The van der Waals surface area contributed by atoms with Crippen molar-refractivity contribution in [2.24, 2.45) is 5.73 Å². The molecule has 0 saturated carbocycles. The Morgan fingerprint density at radius 1 is 1.42 bits per heavy atom. The third-order valence-corrected chi connectivity index (χ3v) is 5.07. The summed E-state index contributed by atoms with van der Waals surface area (Å²) in [4.78, 5) is 29.3. The predicted molar refractivity (Wildman–Crippen MR) is 88.6 cm³/mol. The van der Waals surface area contributed by atoms with Gasteiger partial charge in [0.25, 0.3) is 5.91 Å². The number of thiazole rings is 1. The summed E-state index contributed by atoms with van der Waals surface area (Å²) in [5.74, 6) is -0.117. The molecule has 0 bridgehead atoms. The summed E-state index contributed by atoms with van der Waals surface area (Å²) < 4.78 is 10.7. The summed E-state index contributed by atoms with van der Waals surface area (Å²) in [5, 5.41) is 3.62. The molecule has 0 aromatic carbocycles. The van der Waals surface area contributed by atoms with Crippen LogP contribution in [0.25, 0.3) is 10.8 Å². The molecule has 128 valence electrons. The average molecular weight is 349 g/mol. The van der Waals surface area contributed by atoms with Crippen molar-refractivity contribution in [2.45, 2.75) is 31.7 Å². The highest BCUT2D eigenvalue weighted by Gasteiger charge is 2.36. The van der Waals surface area contributed by atoms with Crippen molar-refractivity contribution in [2.75, 3.05) is 13.2 Å². The molecule has 1 aliphatic rings. The van der Waals surface area contributed by atoms with Crippen molar-refractivity contribution in [3.63, 3.8) is 0 Å². The second kappa shape index (κ2) is 6.74. The van der Waals surface area contributed by atoms with Gasteiger partial charge in [-0.3, -0.25) is 9.59 Å². The summed E-state index contributed by atoms with van der Waals surface area (Å²) in [7, 11) is 0. The molecule has 7 nitrogen and oxygen atoms in total. The first kappa shape index (κ1) is 16.7. The first-order valence-corrected chi connectivity index (χ1v) is 8.51. The topological polar surface area (TPSA) is 107 Å². The normalized spacial score (nSPS) is 16.7. The number of hydrogen-bond donors (Lipinski definition) is 2. The maximum absolute atomic E-state index is 12.7. The van der Waals surface area contributed by atoms with Crippen LogP contribution in [0.2, 0.25) is 0 Å². The molecule has 1 saturated heterocycles. The highest BCUT2D eigenvalue weighted by Crippen LogP contribution is 2.29. The summed E-state index contributed by atoms with van der Waals surface area (Å²) in [5.41, 5.74) is 5.05. The van der Waals surface area contributed by atoms with E-state index >= 15 is 0 Å². The van der Waals surface area contributed by atoms with Crippen molar-refractivity contribution >= 4 is 23.2 Å². The van der Waals surface area contributed by atoms with Crippen molar-refractivity contribution in [1.82, 2.24) is 10.3 Å². The van der Waals surface area contributed by atoms with E-state index in [0.29, 0.717) is 42.5 Å². The quantitative estimate of drug-likeness (QED) is 0.857. The van der Waals surface area contributed by atoms with E-state index in [-0.39, 0.29) is 12.3 Å². The molecule has 1 fully saturated rings. The standard InChI is InChI=1S/C16H19N3O4S/c1-10-13(18-15(24-10)11-3-2-6-23-11)14(21)19-16(9-12(17)20)4-7-22-8-5-16/h2-3,6H,4-5,7-9H2,1H3,(H2,17,20)(H,19,21). The van der Waals surface area contributed by atoms with Crippen LogP contribution in [0.3, 0.4) is 0 Å². The van der Waals surface area contributed by atoms with E-state index in [4.69, 9.17) is 14.9 Å². The molecule has 0 aliphatic carbocycles. The number of aromatic nitrogens is 1. The molecule has 3 N–H and O–H groups in total. The minimum absolute atomic E-state index is 0.0936. The largest absolute Gasteiger partial charge is 0.462 e. The van der Waals surface area contributed by atoms with Crippen LogP contribution in [0, 0.1) is 6.92 Å². The highest BCUT2D eigenvalue weighted by atomic mass is 32.1. The molecule has 0 radical (unpaired) electrons. The Kier molecular flexibility index (Phi) is 4.68. The zero-order chi connectivity index (χ0) is 17.2. The monoisotopic (exact) mass is 349 g/mol. The number of amides is 2. The maximum atomic E-state index is 12.7. The fourth-order valence-corrected chi connectivity index (χ4v) is 3.73. The molecular formula is C16H19N3O4S. The van der Waals surface area contributed by atoms with Gasteiger partial charge in [0.05, 0.1) is 11.8 Å². The van der Waals surface area contributed by atoms with Gasteiger partial charge in [-0.2, -0.15) is 0 Å². The fraction of sp³-hybridized carbons (Fsp3) is 0.438. The Balaban J connectivity index is 1.81. The van der Waals surface area contributed by atoms with Crippen molar-refractivity contribution in [3.8, 4) is 10.8 Å². The lowest BCUT2D eigenvalue weighted by Crippen LogP contribution is -2.54. The lowest BCUT2D eigenvalue weighted by Gasteiger charge is -2.37. The third-order valence-electron chi connectivity index (χ3n) is 4.08. The number of carbonyl (C=O) groups is 2. The van der Waals surface area contributed by atoms with E-state index < -0.39 is 11.4 Å². The van der Waals surface area contributed by atoms with Crippen molar-refractivity contribution in [3.05, 3.63) is 29.0 Å². The Bertz CT molecular complexity index is 733. The van der Waals surface area contributed by atoms with Crippen LogP contribution in [0.4, 0.5) is 0 Å². The number of nitrogens with zero attached hydrogens (tertiary/aromatic N) is 1. The number of carbonyl (C=O) groups excluding carboxylic acids is 2. The summed E-state index contributed by atoms with van der Waals surface area (Å²) >= 11 is 1.39. The molecule has 3 rings (SSSR count). The molecule has 0 unspecified atom stereocenters. The van der Waals surface area contributed by atoms with Crippen molar-refractivity contribution in [1.29, 1.82) is 0 Å². The Hall–Kier alpha value is -2.19. The maximum Gasteiger partial charge on any atom is 0.271 e. The smallest absolute Gasteiger partial charge is 0.271 e. The Morgan fingerprint density at radius 2 is 2.17 bits per heavy atom. The number of aryl methyl sites for hydroxylation is 1. The molecule has 8 heteroatoms. The first-order chi connectivity index (χ1) is 11.5. The van der Waals surface area contributed by atoms with Gasteiger partial charge in [-0.15, -0.1) is 11.3 Å². The summed E-state index contributed by atoms with van der Waals surface area (Å²) in [6.45, 7) is 2.81. The third kappa shape index (κ3) is 3.49. The Morgan fingerprint density at radius 3 is 2.79 bits per heavy atom. The highest BCUT2D eigenvalue weighted by molar-refractivity contribution is 7.15. The number of rotatable bonds is 5. The molecule has 2 amide bonds. The fourth-order valence-electron chi connectivity index (χ4n) is 2.85. The second-order valence-electron chi connectivity index (χ2n) is 5.89. The van der Waals surface area contributed by atoms with Gasteiger partial charge < -0.3 is 20.2 Å². The van der Waals surface area contributed by atoms with Gasteiger partial charge in [-0.05, 0) is 31.9 Å². The van der Waals surface area contributed by atoms with Crippen LogP contribution in [0.5, 0.6) is 0 Å². The minimum Gasteiger partial charge on any atom is -0.462 e.